The van der Waals surface area contributed by atoms with Gasteiger partial charge >= 0.3 is 12.1 Å². The second-order valence-electron chi connectivity index (χ2n) is 7.76. The van der Waals surface area contributed by atoms with Crippen molar-refractivity contribution in [3.8, 4) is 11.1 Å². The summed E-state index contributed by atoms with van der Waals surface area (Å²) < 4.78 is 6.64. The van der Waals surface area contributed by atoms with E-state index in [2.05, 4.69) is 30.9 Å². The van der Waals surface area contributed by atoms with E-state index in [9.17, 15) is 14.4 Å². The zero-order chi connectivity index (χ0) is 24.5. The minimum absolute atomic E-state index is 0.101. The van der Waals surface area contributed by atoms with Crippen LogP contribution in [0.15, 0.2) is 54.6 Å². The van der Waals surface area contributed by atoms with Crippen molar-refractivity contribution in [2.24, 2.45) is 7.05 Å². The lowest BCUT2D eigenvalue weighted by atomic mass is 9.98. The molecule has 35 heavy (non-hydrogen) atoms. The summed E-state index contributed by atoms with van der Waals surface area (Å²) in [5, 5.41) is 23.8. The van der Waals surface area contributed by atoms with E-state index >= 15 is 0 Å². The van der Waals surface area contributed by atoms with Crippen LogP contribution in [0.5, 0.6) is 0 Å². The molecule has 4 N–H and O–H groups in total. The molecule has 0 spiro atoms. The smallest absolute Gasteiger partial charge is 0.414 e. The van der Waals surface area contributed by atoms with Gasteiger partial charge in [0.1, 0.15) is 12.4 Å². The Bertz CT molecular complexity index is 1410. The van der Waals surface area contributed by atoms with Crippen LogP contribution in [-0.4, -0.2) is 54.6 Å². The average Bonchev–Trinajstić information content (AvgIpc) is 3.54. The summed E-state index contributed by atoms with van der Waals surface area (Å²) in [7, 11) is 1.48. The quantitative estimate of drug-likeness (QED) is 0.332. The molecule has 12 heteroatoms. The maximum Gasteiger partial charge on any atom is 0.414 e. The van der Waals surface area contributed by atoms with Crippen LogP contribution < -0.4 is 10.6 Å². The number of carbonyl (C=O) groups is 3. The van der Waals surface area contributed by atoms with Gasteiger partial charge in [0.25, 0.3) is 11.9 Å². The summed E-state index contributed by atoms with van der Waals surface area (Å²) in [4.78, 5) is 39.7. The molecule has 1 aliphatic rings. The number of nitrogens with one attached hydrogen (secondary N) is 3. The molecule has 0 saturated carbocycles. The number of rotatable bonds is 6. The van der Waals surface area contributed by atoms with Crippen molar-refractivity contribution in [2.75, 3.05) is 17.2 Å². The van der Waals surface area contributed by atoms with E-state index in [1.807, 2.05) is 48.5 Å². The van der Waals surface area contributed by atoms with E-state index in [0.717, 1.165) is 22.3 Å². The first-order valence-electron chi connectivity index (χ1n) is 10.5. The third kappa shape index (κ3) is 4.19. The Balaban J connectivity index is 1.21. The van der Waals surface area contributed by atoms with Gasteiger partial charge in [0, 0.05) is 19.0 Å². The number of aromatic amines is 1. The zero-order valence-electron chi connectivity index (χ0n) is 18.3. The standard InChI is InChI=1S/C23H19N7O5/c1-30-18(10-17(29-30)21(32)33)24-20(31)19-25-22(28-27-19)26-23(34)35-11-16-14-8-4-2-6-12(14)13-7-3-5-9-15(13)16/h2-10,16H,11H2,1H3,(H,24,31)(H,32,33)(H2,25,26,27,28,34). The van der Waals surface area contributed by atoms with Crippen LogP contribution in [0.4, 0.5) is 16.6 Å². The van der Waals surface area contributed by atoms with E-state index in [1.54, 1.807) is 0 Å². The van der Waals surface area contributed by atoms with Crippen LogP contribution >= 0.6 is 0 Å². The van der Waals surface area contributed by atoms with Gasteiger partial charge in [-0.05, 0) is 22.3 Å². The summed E-state index contributed by atoms with van der Waals surface area (Å²) >= 11 is 0. The Labute approximate surface area is 198 Å². The number of ether oxygens (including phenoxy) is 1. The molecular weight excluding hydrogens is 454 g/mol. The number of aryl methyl sites for hydroxylation is 1. The first-order valence-corrected chi connectivity index (χ1v) is 10.5. The van der Waals surface area contributed by atoms with Gasteiger partial charge < -0.3 is 15.2 Å². The van der Waals surface area contributed by atoms with Gasteiger partial charge in [-0.15, -0.1) is 5.10 Å². The van der Waals surface area contributed by atoms with E-state index in [-0.39, 0.29) is 35.8 Å². The fraction of sp³-hybridized carbons (Fsp3) is 0.130. The Morgan fingerprint density at radius 3 is 2.34 bits per heavy atom. The molecular formula is C23H19N7O5. The number of H-pyrrole nitrogens is 1. The first kappa shape index (κ1) is 21.8. The van der Waals surface area contributed by atoms with Gasteiger partial charge in [0.15, 0.2) is 5.69 Å². The molecule has 0 saturated heterocycles. The molecule has 0 aliphatic heterocycles. The highest BCUT2D eigenvalue weighted by Gasteiger charge is 2.29. The predicted molar refractivity (Wildman–Crippen MR) is 123 cm³/mol. The van der Waals surface area contributed by atoms with Crippen LogP contribution in [-0.2, 0) is 11.8 Å². The molecule has 1 aliphatic carbocycles. The molecule has 0 unspecified atom stereocenters. The molecule has 2 aromatic heterocycles. The Morgan fingerprint density at radius 2 is 1.71 bits per heavy atom. The van der Waals surface area contributed by atoms with Gasteiger partial charge in [-0.25, -0.2) is 9.59 Å². The second kappa shape index (κ2) is 8.74. The number of aromatic carboxylic acids is 1. The average molecular weight is 473 g/mol. The highest BCUT2D eigenvalue weighted by Crippen LogP contribution is 2.44. The molecule has 0 fully saturated rings. The predicted octanol–water partition coefficient (Wildman–Crippen LogP) is 2.85. The van der Waals surface area contributed by atoms with Gasteiger partial charge in [0.2, 0.25) is 5.82 Å². The van der Waals surface area contributed by atoms with Crippen molar-refractivity contribution in [3.05, 3.63) is 77.2 Å². The lowest BCUT2D eigenvalue weighted by Crippen LogP contribution is -2.19. The molecule has 12 nitrogen and oxygen atoms in total. The monoisotopic (exact) mass is 473 g/mol. The van der Waals surface area contributed by atoms with Gasteiger partial charge in [-0.2, -0.15) is 10.1 Å². The van der Waals surface area contributed by atoms with E-state index < -0.39 is 18.0 Å². The molecule has 4 aromatic rings. The lowest BCUT2D eigenvalue weighted by molar-refractivity contribution is 0.0689. The number of hydrogen-bond acceptors (Lipinski definition) is 7. The summed E-state index contributed by atoms with van der Waals surface area (Å²) in [6.45, 7) is 0.115. The number of aromatic nitrogens is 5. The molecule has 2 amide bonds. The van der Waals surface area contributed by atoms with Gasteiger partial charge in [0.05, 0.1) is 0 Å². The van der Waals surface area contributed by atoms with Crippen molar-refractivity contribution >= 4 is 29.7 Å². The summed E-state index contributed by atoms with van der Waals surface area (Å²) in [5.74, 6) is -2.22. The van der Waals surface area contributed by atoms with Crippen LogP contribution in [0.3, 0.4) is 0 Å². The van der Waals surface area contributed by atoms with Crippen molar-refractivity contribution in [1.29, 1.82) is 0 Å². The minimum atomic E-state index is -1.23. The van der Waals surface area contributed by atoms with Gasteiger partial charge in [-0.1, -0.05) is 48.5 Å². The van der Waals surface area contributed by atoms with Crippen molar-refractivity contribution in [1.82, 2.24) is 25.0 Å². The first-order chi connectivity index (χ1) is 16.9. The number of carbonyl (C=O) groups excluding carboxylic acids is 2. The fourth-order valence-corrected chi connectivity index (χ4v) is 4.01. The largest absolute Gasteiger partial charge is 0.476 e. The van der Waals surface area contributed by atoms with Crippen LogP contribution in [0.2, 0.25) is 0 Å². The Morgan fingerprint density at radius 1 is 1.06 bits per heavy atom. The molecule has 0 atom stereocenters. The zero-order valence-corrected chi connectivity index (χ0v) is 18.3. The van der Waals surface area contributed by atoms with Crippen molar-refractivity contribution in [3.63, 3.8) is 0 Å². The molecule has 2 aromatic carbocycles. The highest BCUT2D eigenvalue weighted by molar-refractivity contribution is 6.02. The van der Waals surface area contributed by atoms with Crippen molar-refractivity contribution in [2.45, 2.75) is 5.92 Å². The minimum Gasteiger partial charge on any atom is -0.476 e. The number of fused-ring (bicyclic) bond motifs is 3. The number of hydrogen-bond donors (Lipinski definition) is 4. The maximum atomic E-state index is 12.4. The molecule has 5 rings (SSSR count). The van der Waals surface area contributed by atoms with Crippen molar-refractivity contribution < 1.29 is 24.2 Å². The molecule has 0 radical (unpaired) electrons. The summed E-state index contributed by atoms with van der Waals surface area (Å²) in [5.41, 5.74) is 4.17. The number of anilines is 2. The normalized spacial score (nSPS) is 12.0. The molecule has 176 valence electrons. The van der Waals surface area contributed by atoms with E-state index in [0.29, 0.717) is 0 Å². The molecule has 2 heterocycles. The third-order valence-electron chi connectivity index (χ3n) is 5.60. The van der Waals surface area contributed by atoms with Crippen LogP contribution in [0, 0.1) is 0 Å². The Kier molecular flexibility index (Phi) is 5.45. The van der Waals surface area contributed by atoms with Crippen LogP contribution in [0.1, 0.15) is 38.2 Å². The number of amides is 2. The second-order valence-corrected chi connectivity index (χ2v) is 7.76. The number of carboxylic acids is 1. The van der Waals surface area contributed by atoms with E-state index in [4.69, 9.17) is 9.84 Å². The van der Waals surface area contributed by atoms with E-state index in [1.165, 1.54) is 17.8 Å². The SMILES string of the molecule is Cn1nc(C(=O)O)cc1NC(=O)c1nc(NC(=O)OCC2c3ccccc3-c3ccccc32)n[nH]1. The number of benzene rings is 2. The summed E-state index contributed by atoms with van der Waals surface area (Å²) in [6, 6.07) is 17.2. The highest BCUT2D eigenvalue weighted by atomic mass is 16.5. The van der Waals surface area contributed by atoms with Gasteiger partial charge in [-0.3, -0.25) is 19.9 Å². The fourth-order valence-electron chi connectivity index (χ4n) is 4.01. The number of carboxylic acid groups (broad SMARTS) is 1. The van der Waals surface area contributed by atoms with Crippen LogP contribution in [0.25, 0.3) is 11.1 Å². The Hall–Kier alpha value is -5.00. The number of nitrogens with zero attached hydrogens (tertiary/aromatic N) is 4. The lowest BCUT2D eigenvalue weighted by Gasteiger charge is -2.13. The topological polar surface area (TPSA) is 164 Å². The molecule has 0 bridgehead atoms. The maximum absolute atomic E-state index is 12.4. The third-order valence-corrected chi connectivity index (χ3v) is 5.60. The summed E-state index contributed by atoms with van der Waals surface area (Å²) in [6.07, 6.45) is -0.768.